The smallest absolute Gasteiger partial charge is 0.330 e. The standard InChI is InChI=1S/C16H13F4N7O/c1-8-13-10(27(25-24-13)11-3-6-22-23-11)4-7-26(8)15(28)9-2-5-21-14(12(9)17)16(18,19)20/h2-3,5-6,8H,4,7H2,1H3,(H,22,23)/t8-/m0/s1. The molecule has 28 heavy (non-hydrogen) atoms. The van der Waals surface area contributed by atoms with Gasteiger partial charge < -0.3 is 4.90 Å². The van der Waals surface area contributed by atoms with E-state index in [0.717, 1.165) is 18.0 Å². The number of aromatic amines is 1. The molecule has 0 radical (unpaired) electrons. The van der Waals surface area contributed by atoms with E-state index < -0.39 is 35.2 Å². The first-order chi connectivity index (χ1) is 13.3. The summed E-state index contributed by atoms with van der Waals surface area (Å²) in [5.41, 5.74) is -1.17. The molecule has 146 valence electrons. The minimum atomic E-state index is -4.99. The van der Waals surface area contributed by atoms with Crippen molar-refractivity contribution >= 4 is 5.91 Å². The summed E-state index contributed by atoms with van der Waals surface area (Å²) in [6.07, 6.45) is -2.33. The number of hydrogen-bond acceptors (Lipinski definition) is 5. The van der Waals surface area contributed by atoms with Crippen LogP contribution in [0, 0.1) is 5.82 Å². The van der Waals surface area contributed by atoms with Crippen molar-refractivity contribution in [2.45, 2.75) is 25.6 Å². The maximum atomic E-state index is 14.3. The Bertz CT molecular complexity index is 1030. The molecule has 0 bridgehead atoms. The molecule has 12 heteroatoms. The van der Waals surface area contributed by atoms with Crippen molar-refractivity contribution in [2.75, 3.05) is 6.54 Å². The molecule has 0 aromatic carbocycles. The van der Waals surface area contributed by atoms with Gasteiger partial charge in [0.05, 0.1) is 23.5 Å². The lowest BCUT2D eigenvalue weighted by atomic mass is 10.0. The number of hydrogen-bond donors (Lipinski definition) is 1. The lowest BCUT2D eigenvalue weighted by Crippen LogP contribution is -2.40. The fraction of sp³-hybridized carbons (Fsp3) is 0.312. The maximum absolute atomic E-state index is 14.3. The summed E-state index contributed by atoms with van der Waals surface area (Å²) < 4.78 is 54.5. The quantitative estimate of drug-likeness (QED) is 0.673. The molecule has 0 spiro atoms. The molecule has 0 fully saturated rings. The number of fused-ring (bicyclic) bond motifs is 1. The summed E-state index contributed by atoms with van der Waals surface area (Å²) in [6, 6.07) is 2.04. The van der Waals surface area contributed by atoms with E-state index in [4.69, 9.17) is 0 Å². The number of aromatic nitrogens is 6. The second-order valence-electron chi connectivity index (χ2n) is 6.22. The Morgan fingerprint density at radius 2 is 2.07 bits per heavy atom. The predicted octanol–water partition coefficient (Wildman–Crippen LogP) is 2.30. The number of halogens is 4. The molecule has 3 aromatic rings. The number of carbonyl (C=O) groups excluding carboxylic acids is 1. The minimum Gasteiger partial charge on any atom is -0.330 e. The third-order valence-corrected chi connectivity index (χ3v) is 4.61. The second-order valence-corrected chi connectivity index (χ2v) is 6.22. The molecule has 1 aliphatic heterocycles. The van der Waals surface area contributed by atoms with Crippen molar-refractivity contribution in [3.63, 3.8) is 0 Å². The van der Waals surface area contributed by atoms with Gasteiger partial charge in [0.1, 0.15) is 5.69 Å². The number of amides is 1. The molecule has 0 saturated heterocycles. The molecular weight excluding hydrogens is 382 g/mol. The Morgan fingerprint density at radius 1 is 1.29 bits per heavy atom. The van der Waals surface area contributed by atoms with Crippen LogP contribution >= 0.6 is 0 Å². The third kappa shape index (κ3) is 2.80. The zero-order valence-electron chi connectivity index (χ0n) is 14.4. The van der Waals surface area contributed by atoms with Gasteiger partial charge in [-0.1, -0.05) is 5.21 Å². The molecule has 0 aliphatic carbocycles. The van der Waals surface area contributed by atoms with Crippen molar-refractivity contribution in [3.05, 3.63) is 53.0 Å². The maximum Gasteiger partial charge on any atom is 0.436 e. The van der Waals surface area contributed by atoms with Gasteiger partial charge in [-0.3, -0.25) is 9.89 Å². The van der Waals surface area contributed by atoms with Crippen LogP contribution in [0.15, 0.2) is 24.5 Å². The number of nitrogens with zero attached hydrogens (tertiary/aromatic N) is 6. The van der Waals surface area contributed by atoms with Crippen LogP contribution in [0.4, 0.5) is 17.6 Å². The largest absolute Gasteiger partial charge is 0.436 e. The topological polar surface area (TPSA) is 92.6 Å². The van der Waals surface area contributed by atoms with Gasteiger partial charge in [-0.05, 0) is 13.0 Å². The molecule has 8 nitrogen and oxygen atoms in total. The summed E-state index contributed by atoms with van der Waals surface area (Å²) in [7, 11) is 0. The number of pyridine rings is 1. The van der Waals surface area contributed by atoms with Crippen molar-refractivity contribution in [3.8, 4) is 5.82 Å². The van der Waals surface area contributed by atoms with E-state index in [1.807, 2.05) is 0 Å². The predicted molar refractivity (Wildman–Crippen MR) is 85.9 cm³/mol. The van der Waals surface area contributed by atoms with Crippen LogP contribution in [0.5, 0.6) is 0 Å². The van der Waals surface area contributed by atoms with E-state index >= 15 is 0 Å². The van der Waals surface area contributed by atoms with E-state index in [1.54, 1.807) is 23.9 Å². The van der Waals surface area contributed by atoms with Crippen molar-refractivity contribution in [1.82, 2.24) is 35.1 Å². The van der Waals surface area contributed by atoms with Gasteiger partial charge in [-0.25, -0.2) is 9.37 Å². The average molecular weight is 395 g/mol. The molecule has 4 heterocycles. The van der Waals surface area contributed by atoms with Gasteiger partial charge in [0.15, 0.2) is 17.3 Å². The van der Waals surface area contributed by atoms with Crippen LogP contribution < -0.4 is 0 Å². The summed E-state index contributed by atoms with van der Waals surface area (Å²) in [5.74, 6) is -1.95. The monoisotopic (exact) mass is 395 g/mol. The van der Waals surface area contributed by atoms with E-state index in [0.29, 0.717) is 17.9 Å². The van der Waals surface area contributed by atoms with Gasteiger partial charge in [0.2, 0.25) is 0 Å². The highest BCUT2D eigenvalue weighted by atomic mass is 19.4. The molecular formula is C16H13F4N7O. The van der Waals surface area contributed by atoms with Crippen LogP contribution in [0.3, 0.4) is 0 Å². The molecule has 1 N–H and O–H groups in total. The van der Waals surface area contributed by atoms with Gasteiger partial charge in [-0.15, -0.1) is 5.10 Å². The molecule has 1 amide bonds. The summed E-state index contributed by atoms with van der Waals surface area (Å²) >= 11 is 0. The third-order valence-electron chi connectivity index (χ3n) is 4.61. The van der Waals surface area contributed by atoms with E-state index in [2.05, 4.69) is 25.5 Å². The molecule has 1 aliphatic rings. The highest BCUT2D eigenvalue weighted by Gasteiger charge is 2.40. The van der Waals surface area contributed by atoms with E-state index in [9.17, 15) is 22.4 Å². The van der Waals surface area contributed by atoms with Crippen molar-refractivity contribution < 1.29 is 22.4 Å². The number of H-pyrrole nitrogens is 1. The average Bonchev–Trinajstić information content (AvgIpc) is 3.30. The Kier molecular flexibility index (Phi) is 4.12. The summed E-state index contributed by atoms with van der Waals surface area (Å²) in [6.45, 7) is 1.82. The number of carbonyl (C=O) groups is 1. The van der Waals surface area contributed by atoms with Gasteiger partial charge in [-0.2, -0.15) is 23.0 Å². The highest BCUT2D eigenvalue weighted by Crippen LogP contribution is 2.33. The van der Waals surface area contributed by atoms with Crippen LogP contribution in [-0.4, -0.2) is 47.5 Å². The minimum absolute atomic E-state index is 0.164. The molecule has 3 aromatic heterocycles. The molecule has 4 rings (SSSR count). The van der Waals surface area contributed by atoms with Gasteiger partial charge in [0, 0.05) is 25.2 Å². The molecule has 1 atom stereocenters. The Balaban J connectivity index is 1.67. The first-order valence-electron chi connectivity index (χ1n) is 8.26. The second kappa shape index (κ2) is 6.39. The Hall–Kier alpha value is -3.31. The molecule has 0 saturated carbocycles. The Labute approximate surface area is 155 Å². The highest BCUT2D eigenvalue weighted by molar-refractivity contribution is 5.95. The number of nitrogens with one attached hydrogen (secondary N) is 1. The first kappa shape index (κ1) is 18.1. The summed E-state index contributed by atoms with van der Waals surface area (Å²) in [4.78, 5) is 17.1. The number of rotatable bonds is 2. The van der Waals surface area contributed by atoms with Gasteiger partial charge in [0.25, 0.3) is 5.91 Å². The zero-order chi connectivity index (χ0) is 20.1. The van der Waals surface area contributed by atoms with Crippen LogP contribution in [-0.2, 0) is 12.6 Å². The SMILES string of the molecule is C[C@H]1c2nnn(-c3ccn[nH]3)c2CCN1C(=O)c1ccnc(C(F)(F)F)c1F. The fourth-order valence-corrected chi connectivity index (χ4v) is 3.24. The lowest BCUT2D eigenvalue weighted by Gasteiger charge is -2.32. The Morgan fingerprint density at radius 3 is 2.75 bits per heavy atom. The van der Waals surface area contributed by atoms with E-state index in [1.165, 1.54) is 4.90 Å². The van der Waals surface area contributed by atoms with Crippen molar-refractivity contribution in [2.24, 2.45) is 0 Å². The van der Waals surface area contributed by atoms with Crippen LogP contribution in [0.2, 0.25) is 0 Å². The fourth-order valence-electron chi connectivity index (χ4n) is 3.24. The molecule has 0 unspecified atom stereocenters. The van der Waals surface area contributed by atoms with Crippen LogP contribution in [0.1, 0.15) is 40.4 Å². The zero-order valence-corrected chi connectivity index (χ0v) is 14.4. The normalized spacial score (nSPS) is 16.9. The van der Waals surface area contributed by atoms with Crippen molar-refractivity contribution in [1.29, 1.82) is 0 Å². The number of alkyl halides is 3. The summed E-state index contributed by atoms with van der Waals surface area (Å²) in [5, 5.41) is 14.7. The lowest BCUT2D eigenvalue weighted by molar-refractivity contribution is -0.143. The van der Waals surface area contributed by atoms with Gasteiger partial charge >= 0.3 is 6.18 Å². The first-order valence-corrected chi connectivity index (χ1v) is 8.26. The van der Waals surface area contributed by atoms with E-state index in [-0.39, 0.29) is 6.54 Å². The van der Waals surface area contributed by atoms with Crippen LogP contribution in [0.25, 0.3) is 5.82 Å².